The van der Waals surface area contributed by atoms with Gasteiger partial charge in [-0.3, -0.25) is 0 Å². The first-order valence-electron chi connectivity index (χ1n) is 6.10. The van der Waals surface area contributed by atoms with Crippen LogP contribution in [0.5, 0.6) is 0 Å². The Morgan fingerprint density at radius 3 is 2.50 bits per heavy atom. The number of hydrogen-bond donors (Lipinski definition) is 2. The fourth-order valence-corrected chi connectivity index (χ4v) is 2.34. The first-order valence-corrected chi connectivity index (χ1v) is 6.10. The maximum absolute atomic E-state index is 5.86. The number of nitrogens with two attached hydrogens (primary N) is 2. The van der Waals surface area contributed by atoms with Crippen molar-refractivity contribution in [3.63, 3.8) is 0 Å². The van der Waals surface area contributed by atoms with E-state index in [2.05, 4.69) is 19.9 Å². The summed E-state index contributed by atoms with van der Waals surface area (Å²) < 4.78 is 0. The Labute approximate surface area is 113 Å². The molecule has 0 fully saturated rings. The number of hydrogen-bond acceptors (Lipinski definition) is 6. The van der Waals surface area contributed by atoms with Crippen molar-refractivity contribution in [3.8, 4) is 0 Å². The lowest BCUT2D eigenvalue weighted by atomic mass is 10.1. The first-order chi connectivity index (χ1) is 9.72. The summed E-state index contributed by atoms with van der Waals surface area (Å²) in [6.07, 6.45) is 0. The van der Waals surface area contributed by atoms with Crippen LogP contribution in [0.3, 0.4) is 0 Å². The Hall–Kier alpha value is -3.02. The molecule has 0 bridgehead atoms. The van der Waals surface area contributed by atoms with Crippen molar-refractivity contribution in [1.29, 1.82) is 0 Å². The first kappa shape index (κ1) is 10.9. The van der Waals surface area contributed by atoms with E-state index in [1.807, 2.05) is 36.4 Å². The second-order valence-electron chi connectivity index (χ2n) is 4.52. The Morgan fingerprint density at radius 2 is 1.60 bits per heavy atom. The quantitative estimate of drug-likeness (QED) is 0.370. The van der Waals surface area contributed by atoms with E-state index in [0.29, 0.717) is 11.2 Å². The Balaban J connectivity index is 2.24. The highest BCUT2D eigenvalue weighted by molar-refractivity contribution is 6.06. The third kappa shape index (κ3) is 1.45. The number of nitrogen functional groups attached to an aromatic ring is 2. The van der Waals surface area contributed by atoms with Crippen LogP contribution in [0.25, 0.3) is 33.0 Å². The van der Waals surface area contributed by atoms with E-state index in [4.69, 9.17) is 11.5 Å². The van der Waals surface area contributed by atoms with Crippen LogP contribution in [-0.4, -0.2) is 19.9 Å². The minimum Gasteiger partial charge on any atom is -0.382 e. The van der Waals surface area contributed by atoms with Crippen molar-refractivity contribution in [3.05, 3.63) is 36.4 Å². The van der Waals surface area contributed by atoms with Crippen molar-refractivity contribution in [1.82, 2.24) is 19.9 Å². The molecule has 6 heteroatoms. The van der Waals surface area contributed by atoms with Gasteiger partial charge in [0.1, 0.15) is 0 Å². The minimum absolute atomic E-state index is 0.101. The molecular weight excluding hydrogens is 252 g/mol. The highest BCUT2D eigenvalue weighted by atomic mass is 15.1. The van der Waals surface area contributed by atoms with Gasteiger partial charge < -0.3 is 11.5 Å². The molecule has 96 valence electrons. The predicted molar refractivity (Wildman–Crippen MR) is 79.0 cm³/mol. The molecule has 0 aliphatic heterocycles. The maximum Gasteiger partial charge on any atom is 0.224 e. The molecule has 0 saturated heterocycles. The molecular formula is C14H10N6. The summed E-state index contributed by atoms with van der Waals surface area (Å²) in [5.74, 6) is 0.347. The van der Waals surface area contributed by atoms with Crippen molar-refractivity contribution >= 4 is 44.7 Å². The van der Waals surface area contributed by atoms with Gasteiger partial charge in [-0.25, -0.2) is 9.97 Å². The number of anilines is 2. The van der Waals surface area contributed by atoms with Crippen LogP contribution in [0.15, 0.2) is 36.4 Å². The molecule has 0 aliphatic carbocycles. The third-order valence-electron chi connectivity index (χ3n) is 3.24. The van der Waals surface area contributed by atoms with Crippen molar-refractivity contribution < 1.29 is 0 Å². The lowest BCUT2D eigenvalue weighted by Gasteiger charge is -2.05. The average molecular weight is 262 g/mol. The molecule has 4 aromatic rings. The van der Waals surface area contributed by atoms with Crippen molar-refractivity contribution in [2.75, 3.05) is 11.5 Å². The van der Waals surface area contributed by atoms with Crippen LogP contribution in [0, 0.1) is 0 Å². The molecule has 4 rings (SSSR count). The highest BCUT2D eigenvalue weighted by Crippen LogP contribution is 2.25. The topological polar surface area (TPSA) is 104 Å². The molecule has 0 amide bonds. The van der Waals surface area contributed by atoms with Crippen molar-refractivity contribution in [2.24, 2.45) is 0 Å². The van der Waals surface area contributed by atoms with Crippen LogP contribution in [0.4, 0.5) is 11.8 Å². The molecule has 2 aromatic carbocycles. The number of nitrogens with zero attached hydrogens (tertiary/aromatic N) is 4. The van der Waals surface area contributed by atoms with Gasteiger partial charge in [0.05, 0.1) is 11.0 Å². The molecule has 6 nitrogen and oxygen atoms in total. The number of rotatable bonds is 0. The molecule has 2 aromatic heterocycles. The largest absolute Gasteiger partial charge is 0.382 e. The van der Waals surface area contributed by atoms with E-state index < -0.39 is 0 Å². The molecule has 20 heavy (non-hydrogen) atoms. The van der Waals surface area contributed by atoms with Crippen LogP contribution in [-0.2, 0) is 0 Å². The van der Waals surface area contributed by atoms with Gasteiger partial charge in [-0.05, 0) is 11.5 Å². The second-order valence-corrected chi connectivity index (χ2v) is 4.52. The summed E-state index contributed by atoms with van der Waals surface area (Å²) in [6.45, 7) is 0. The summed E-state index contributed by atoms with van der Waals surface area (Å²) in [5, 5.41) is 2.12. The molecule has 0 radical (unpaired) electrons. The molecule has 0 aliphatic rings. The van der Waals surface area contributed by atoms with Gasteiger partial charge in [-0.2, -0.15) is 9.97 Å². The summed E-state index contributed by atoms with van der Waals surface area (Å²) in [4.78, 5) is 17.1. The number of aromatic nitrogens is 4. The number of fused-ring (bicyclic) bond motifs is 4. The lowest BCUT2D eigenvalue weighted by molar-refractivity contribution is 1.20. The highest BCUT2D eigenvalue weighted by Gasteiger charge is 2.10. The fraction of sp³-hybridized carbons (Fsp3) is 0. The van der Waals surface area contributed by atoms with Gasteiger partial charge in [0.25, 0.3) is 0 Å². The smallest absolute Gasteiger partial charge is 0.224 e. The van der Waals surface area contributed by atoms with E-state index in [1.165, 1.54) is 0 Å². The molecule has 0 atom stereocenters. The molecule has 0 spiro atoms. The Bertz CT molecular complexity index is 979. The van der Waals surface area contributed by atoms with Crippen LogP contribution in [0.1, 0.15) is 0 Å². The van der Waals surface area contributed by atoms with Crippen LogP contribution >= 0.6 is 0 Å². The normalized spacial score (nSPS) is 11.4. The monoisotopic (exact) mass is 262 g/mol. The van der Waals surface area contributed by atoms with Gasteiger partial charge >= 0.3 is 0 Å². The zero-order valence-corrected chi connectivity index (χ0v) is 10.4. The summed E-state index contributed by atoms with van der Waals surface area (Å²) >= 11 is 0. The van der Waals surface area contributed by atoms with Gasteiger partial charge in [0, 0.05) is 5.39 Å². The molecule has 0 unspecified atom stereocenters. The standard InChI is InChI=1S/C14H10N6/c15-12-11-13(20-14(16)19-12)17-9-6-5-7-3-1-2-4-8(7)10(9)18-11/h1-6H,(H4,15,16,17,19,20). The van der Waals surface area contributed by atoms with Gasteiger partial charge in [-0.15, -0.1) is 0 Å². The molecule has 2 heterocycles. The van der Waals surface area contributed by atoms with Gasteiger partial charge in [0.2, 0.25) is 5.95 Å². The lowest BCUT2D eigenvalue weighted by Crippen LogP contribution is -2.03. The summed E-state index contributed by atoms with van der Waals surface area (Å²) in [7, 11) is 0. The van der Waals surface area contributed by atoms with Crippen LogP contribution < -0.4 is 11.5 Å². The van der Waals surface area contributed by atoms with Crippen molar-refractivity contribution in [2.45, 2.75) is 0 Å². The van der Waals surface area contributed by atoms with E-state index >= 15 is 0 Å². The average Bonchev–Trinajstić information content (AvgIpc) is 2.45. The van der Waals surface area contributed by atoms with Gasteiger partial charge in [-0.1, -0.05) is 30.3 Å². The minimum atomic E-state index is 0.101. The zero-order valence-electron chi connectivity index (χ0n) is 10.4. The summed E-state index contributed by atoms with van der Waals surface area (Å²) in [6, 6.07) is 11.9. The molecule has 0 saturated carbocycles. The second kappa shape index (κ2) is 3.74. The zero-order chi connectivity index (χ0) is 13.7. The Morgan fingerprint density at radius 1 is 0.750 bits per heavy atom. The molecule has 4 N–H and O–H groups in total. The Kier molecular flexibility index (Phi) is 2.03. The predicted octanol–water partition coefficient (Wildman–Crippen LogP) is 1.89. The van der Waals surface area contributed by atoms with Crippen LogP contribution in [0.2, 0.25) is 0 Å². The van der Waals surface area contributed by atoms with E-state index in [9.17, 15) is 0 Å². The number of benzene rings is 2. The SMILES string of the molecule is Nc1nc(N)c2nc3c(ccc4ccccc43)nc2n1. The van der Waals surface area contributed by atoms with E-state index in [0.717, 1.165) is 21.8 Å². The van der Waals surface area contributed by atoms with E-state index in [-0.39, 0.29) is 11.8 Å². The third-order valence-corrected chi connectivity index (χ3v) is 3.24. The van der Waals surface area contributed by atoms with Gasteiger partial charge in [0.15, 0.2) is 17.0 Å². The maximum atomic E-state index is 5.86. The fourth-order valence-electron chi connectivity index (χ4n) is 2.34. The summed E-state index contributed by atoms with van der Waals surface area (Å²) in [5.41, 5.74) is 13.9. The van der Waals surface area contributed by atoms with E-state index in [1.54, 1.807) is 0 Å².